The molecule has 1 atom stereocenters. The molecular formula is C11H22N2OS. The van der Waals surface area contributed by atoms with E-state index in [9.17, 15) is 4.79 Å². The van der Waals surface area contributed by atoms with Crippen LogP contribution >= 0.6 is 11.8 Å². The lowest BCUT2D eigenvalue weighted by Gasteiger charge is -2.25. The smallest absolute Gasteiger partial charge is 0.221 e. The zero-order valence-electron chi connectivity index (χ0n) is 9.93. The third-order valence-corrected chi connectivity index (χ3v) is 4.10. The minimum atomic E-state index is 0.187. The molecule has 0 spiro atoms. The number of amides is 1. The van der Waals surface area contributed by atoms with Crippen LogP contribution in [0.1, 0.15) is 33.1 Å². The summed E-state index contributed by atoms with van der Waals surface area (Å²) in [6, 6.07) is 0.360. The average Bonchev–Trinajstić information content (AvgIpc) is 2.40. The Morgan fingerprint density at radius 3 is 3.00 bits per heavy atom. The molecular weight excluding hydrogens is 208 g/mol. The van der Waals surface area contributed by atoms with Gasteiger partial charge >= 0.3 is 0 Å². The Labute approximate surface area is 96.8 Å². The minimum Gasteiger partial charge on any atom is -0.356 e. The summed E-state index contributed by atoms with van der Waals surface area (Å²) in [5, 5.41) is 6.40. The van der Waals surface area contributed by atoms with Gasteiger partial charge in [-0.1, -0.05) is 0 Å². The Balaban J connectivity index is 2.33. The molecule has 4 heteroatoms. The van der Waals surface area contributed by atoms with Crippen LogP contribution in [0.25, 0.3) is 0 Å². The van der Waals surface area contributed by atoms with E-state index in [4.69, 9.17) is 0 Å². The molecule has 15 heavy (non-hydrogen) atoms. The van der Waals surface area contributed by atoms with Gasteiger partial charge in [0.05, 0.1) is 0 Å². The maximum absolute atomic E-state index is 11.3. The zero-order chi connectivity index (χ0) is 11.3. The predicted octanol–water partition coefficient (Wildman–Crippen LogP) is 1.39. The van der Waals surface area contributed by atoms with Crippen molar-refractivity contribution in [1.82, 2.24) is 10.6 Å². The van der Waals surface area contributed by atoms with Gasteiger partial charge in [-0.2, -0.15) is 11.8 Å². The highest BCUT2D eigenvalue weighted by Gasteiger charge is 2.21. The van der Waals surface area contributed by atoms with Crippen molar-refractivity contribution in [2.75, 3.05) is 19.3 Å². The number of carbonyl (C=O) groups is 1. The van der Waals surface area contributed by atoms with Crippen molar-refractivity contribution < 1.29 is 4.79 Å². The van der Waals surface area contributed by atoms with Crippen LogP contribution in [0, 0.1) is 0 Å². The molecule has 0 aromatic carbocycles. The third kappa shape index (κ3) is 4.89. The Kier molecular flexibility index (Phi) is 4.93. The van der Waals surface area contributed by atoms with Crippen molar-refractivity contribution in [2.24, 2.45) is 0 Å². The Hall–Kier alpha value is -0.220. The fourth-order valence-corrected chi connectivity index (χ4v) is 1.84. The molecule has 0 aromatic rings. The molecule has 0 aliphatic carbocycles. The minimum absolute atomic E-state index is 0.187. The average molecular weight is 230 g/mol. The second-order valence-corrected chi connectivity index (χ2v) is 6.25. The molecule has 0 aromatic heterocycles. The van der Waals surface area contributed by atoms with Gasteiger partial charge in [-0.15, -0.1) is 0 Å². The highest BCUT2D eigenvalue weighted by atomic mass is 32.2. The van der Waals surface area contributed by atoms with E-state index in [-0.39, 0.29) is 10.7 Å². The molecule has 0 saturated carbocycles. The molecule has 1 heterocycles. The molecule has 88 valence electrons. The molecule has 1 amide bonds. The van der Waals surface area contributed by atoms with E-state index < -0.39 is 0 Å². The fraction of sp³-hybridized carbons (Fsp3) is 0.909. The zero-order valence-corrected chi connectivity index (χ0v) is 10.7. The van der Waals surface area contributed by atoms with Gasteiger partial charge in [-0.3, -0.25) is 4.79 Å². The van der Waals surface area contributed by atoms with Crippen molar-refractivity contribution in [1.29, 1.82) is 0 Å². The molecule has 1 saturated heterocycles. The topological polar surface area (TPSA) is 41.1 Å². The summed E-state index contributed by atoms with van der Waals surface area (Å²) in [6.45, 7) is 6.25. The maximum Gasteiger partial charge on any atom is 0.221 e. The fourth-order valence-electron chi connectivity index (χ4n) is 1.61. The van der Waals surface area contributed by atoms with E-state index in [1.54, 1.807) is 0 Å². The lowest BCUT2D eigenvalue weighted by molar-refractivity contribution is -0.121. The number of carbonyl (C=O) groups excluding carboxylic acids is 1. The van der Waals surface area contributed by atoms with Crippen LogP contribution in [0.5, 0.6) is 0 Å². The summed E-state index contributed by atoms with van der Waals surface area (Å²) in [6.07, 6.45) is 4.94. The highest BCUT2D eigenvalue weighted by Crippen LogP contribution is 2.20. The second-order valence-electron chi connectivity index (χ2n) is 4.74. The van der Waals surface area contributed by atoms with Crippen LogP contribution in [-0.4, -0.2) is 36.0 Å². The van der Waals surface area contributed by atoms with Crippen LogP contribution < -0.4 is 10.6 Å². The van der Waals surface area contributed by atoms with Crippen molar-refractivity contribution in [2.45, 2.75) is 43.9 Å². The second kappa shape index (κ2) is 5.75. The van der Waals surface area contributed by atoms with Gasteiger partial charge in [0.25, 0.3) is 0 Å². The predicted molar refractivity (Wildman–Crippen MR) is 66.2 cm³/mol. The first-order chi connectivity index (χ1) is 7.03. The van der Waals surface area contributed by atoms with Crippen LogP contribution in [0.4, 0.5) is 0 Å². The summed E-state index contributed by atoms with van der Waals surface area (Å²) in [7, 11) is 0. The van der Waals surface area contributed by atoms with Crippen LogP contribution in [-0.2, 0) is 4.79 Å². The van der Waals surface area contributed by atoms with Gasteiger partial charge in [0.15, 0.2) is 0 Å². The molecule has 1 aliphatic rings. The quantitative estimate of drug-likeness (QED) is 0.767. The van der Waals surface area contributed by atoms with Gasteiger partial charge < -0.3 is 10.6 Å². The van der Waals surface area contributed by atoms with Gasteiger partial charge in [-0.25, -0.2) is 0 Å². The number of thioether (sulfide) groups is 1. The van der Waals surface area contributed by atoms with E-state index in [0.717, 1.165) is 25.9 Å². The van der Waals surface area contributed by atoms with Crippen molar-refractivity contribution in [3.05, 3.63) is 0 Å². The standard InChI is InChI=1S/C11H22N2OS/c1-11(2,15-3)8-13-9-5-4-6-12-10(14)7-9/h9,13H,4-8H2,1-3H3,(H,12,14). The first-order valence-corrected chi connectivity index (χ1v) is 6.81. The maximum atomic E-state index is 11.3. The summed E-state index contributed by atoms with van der Waals surface area (Å²) in [4.78, 5) is 11.3. The van der Waals surface area contributed by atoms with E-state index in [2.05, 4.69) is 30.7 Å². The van der Waals surface area contributed by atoms with E-state index >= 15 is 0 Å². The normalized spacial score (nSPS) is 23.4. The van der Waals surface area contributed by atoms with Crippen LogP contribution in [0.15, 0.2) is 0 Å². The number of rotatable bonds is 4. The summed E-state index contributed by atoms with van der Waals surface area (Å²) < 4.78 is 0.253. The molecule has 1 unspecified atom stereocenters. The van der Waals surface area contributed by atoms with Gasteiger partial charge in [0.1, 0.15) is 0 Å². The van der Waals surface area contributed by atoms with Crippen LogP contribution in [0.3, 0.4) is 0 Å². The Morgan fingerprint density at radius 1 is 1.60 bits per heavy atom. The molecule has 3 nitrogen and oxygen atoms in total. The largest absolute Gasteiger partial charge is 0.356 e. The van der Waals surface area contributed by atoms with Crippen LogP contribution in [0.2, 0.25) is 0 Å². The molecule has 2 N–H and O–H groups in total. The van der Waals surface area contributed by atoms with Gasteiger partial charge in [0, 0.05) is 30.3 Å². The lowest BCUT2D eigenvalue weighted by atomic mass is 10.1. The Bertz CT molecular complexity index is 219. The third-order valence-electron chi connectivity index (χ3n) is 2.85. The van der Waals surface area contributed by atoms with Gasteiger partial charge in [-0.05, 0) is 32.9 Å². The summed E-state index contributed by atoms with van der Waals surface area (Å²) >= 11 is 1.86. The van der Waals surface area contributed by atoms with E-state index in [1.807, 2.05) is 11.8 Å². The van der Waals surface area contributed by atoms with E-state index in [0.29, 0.717) is 12.5 Å². The summed E-state index contributed by atoms with van der Waals surface area (Å²) in [5.74, 6) is 0.187. The molecule has 1 aliphatic heterocycles. The van der Waals surface area contributed by atoms with Crippen molar-refractivity contribution in [3.63, 3.8) is 0 Å². The SMILES string of the molecule is CSC(C)(C)CNC1CCCNC(=O)C1. The summed E-state index contributed by atoms with van der Waals surface area (Å²) in [5.41, 5.74) is 0. The first-order valence-electron chi connectivity index (χ1n) is 5.59. The number of hydrogen-bond acceptors (Lipinski definition) is 3. The first kappa shape index (κ1) is 12.8. The van der Waals surface area contributed by atoms with E-state index in [1.165, 1.54) is 0 Å². The number of hydrogen-bond donors (Lipinski definition) is 2. The molecule has 1 rings (SSSR count). The monoisotopic (exact) mass is 230 g/mol. The van der Waals surface area contributed by atoms with Crippen molar-refractivity contribution in [3.8, 4) is 0 Å². The lowest BCUT2D eigenvalue weighted by Crippen LogP contribution is -2.40. The molecule has 0 bridgehead atoms. The highest BCUT2D eigenvalue weighted by molar-refractivity contribution is 7.99. The van der Waals surface area contributed by atoms with Gasteiger partial charge in [0.2, 0.25) is 5.91 Å². The molecule has 0 radical (unpaired) electrons. The number of nitrogens with one attached hydrogen (secondary N) is 2. The molecule has 1 fully saturated rings. The Morgan fingerprint density at radius 2 is 2.33 bits per heavy atom. The van der Waals surface area contributed by atoms with Crippen molar-refractivity contribution >= 4 is 17.7 Å².